The van der Waals surface area contributed by atoms with Crippen molar-refractivity contribution in [3.63, 3.8) is 0 Å². The van der Waals surface area contributed by atoms with Crippen molar-refractivity contribution in [1.82, 2.24) is 20.4 Å². The molecule has 90 valence electrons. The third kappa shape index (κ3) is 1.52. The predicted molar refractivity (Wildman–Crippen MR) is 69.4 cm³/mol. The number of hydrogen-bond acceptors (Lipinski definition) is 3. The number of aromatic amines is 2. The Labute approximate surface area is 103 Å². The van der Waals surface area contributed by atoms with Crippen molar-refractivity contribution in [2.45, 2.75) is 13.8 Å². The zero-order valence-electron chi connectivity index (χ0n) is 10.1. The fourth-order valence-electron chi connectivity index (χ4n) is 1.99. The lowest BCUT2D eigenvalue weighted by Crippen LogP contribution is -2.09. The van der Waals surface area contributed by atoms with Crippen molar-refractivity contribution in [2.24, 2.45) is 0 Å². The number of aryl methyl sites for hydroxylation is 2. The number of aromatic nitrogens is 4. The van der Waals surface area contributed by atoms with Crippen molar-refractivity contribution < 1.29 is 0 Å². The molecular formula is C13H12N4O. The summed E-state index contributed by atoms with van der Waals surface area (Å²) in [4.78, 5) is 11.9. The topological polar surface area (TPSA) is 74.4 Å². The van der Waals surface area contributed by atoms with Crippen molar-refractivity contribution in [2.75, 3.05) is 0 Å². The number of nitrogens with one attached hydrogen (secondary N) is 2. The second-order valence-corrected chi connectivity index (χ2v) is 4.33. The van der Waals surface area contributed by atoms with Gasteiger partial charge in [0.15, 0.2) is 0 Å². The molecule has 0 spiro atoms. The molecule has 3 rings (SSSR count). The zero-order valence-corrected chi connectivity index (χ0v) is 10.1. The summed E-state index contributed by atoms with van der Waals surface area (Å²) in [6, 6.07) is 7.91. The molecule has 0 aliphatic carbocycles. The molecular weight excluding hydrogens is 228 g/mol. The van der Waals surface area contributed by atoms with Crippen LogP contribution in [0.4, 0.5) is 0 Å². The molecule has 0 fully saturated rings. The van der Waals surface area contributed by atoms with Gasteiger partial charge in [-0.15, -0.1) is 0 Å². The van der Waals surface area contributed by atoms with Gasteiger partial charge < -0.3 is 0 Å². The molecule has 18 heavy (non-hydrogen) atoms. The first-order chi connectivity index (χ1) is 8.66. The molecule has 0 saturated heterocycles. The van der Waals surface area contributed by atoms with Gasteiger partial charge in [-0.1, -0.05) is 29.8 Å². The first kappa shape index (κ1) is 10.7. The predicted octanol–water partition coefficient (Wildman–Crippen LogP) is 1.93. The van der Waals surface area contributed by atoms with E-state index in [1.165, 1.54) is 5.56 Å². The lowest BCUT2D eigenvalue weighted by atomic mass is 10.1. The second-order valence-electron chi connectivity index (χ2n) is 4.33. The average molecular weight is 240 g/mol. The molecule has 3 aromatic rings. The molecule has 2 N–H and O–H groups in total. The van der Waals surface area contributed by atoms with Crippen molar-refractivity contribution in [3.05, 3.63) is 45.9 Å². The van der Waals surface area contributed by atoms with E-state index in [0.717, 1.165) is 11.3 Å². The third-order valence-corrected chi connectivity index (χ3v) is 3.01. The normalized spacial score (nSPS) is 11.0. The Morgan fingerprint density at radius 1 is 1.00 bits per heavy atom. The van der Waals surface area contributed by atoms with Gasteiger partial charge in [0.1, 0.15) is 5.69 Å². The van der Waals surface area contributed by atoms with Crippen LogP contribution in [0, 0.1) is 13.8 Å². The maximum absolute atomic E-state index is 11.9. The summed E-state index contributed by atoms with van der Waals surface area (Å²) in [5.41, 5.74) is 3.95. The maximum Gasteiger partial charge on any atom is 0.275 e. The number of benzene rings is 1. The Morgan fingerprint density at radius 2 is 1.72 bits per heavy atom. The van der Waals surface area contributed by atoms with E-state index < -0.39 is 0 Å². The van der Waals surface area contributed by atoms with E-state index in [9.17, 15) is 4.79 Å². The summed E-state index contributed by atoms with van der Waals surface area (Å²) < 4.78 is 0. The summed E-state index contributed by atoms with van der Waals surface area (Å²) >= 11 is 0. The van der Waals surface area contributed by atoms with Crippen LogP contribution in [0.15, 0.2) is 29.1 Å². The van der Waals surface area contributed by atoms with Gasteiger partial charge in [0, 0.05) is 5.56 Å². The largest absolute Gasteiger partial charge is 0.275 e. The molecule has 0 atom stereocenters. The van der Waals surface area contributed by atoms with Crippen LogP contribution in [0.3, 0.4) is 0 Å². The Hall–Kier alpha value is -2.43. The van der Waals surface area contributed by atoms with Crippen LogP contribution in [-0.4, -0.2) is 20.4 Å². The lowest BCUT2D eigenvalue weighted by molar-refractivity contribution is 0.964. The molecule has 0 amide bonds. The molecule has 2 aromatic heterocycles. The molecule has 2 heterocycles. The van der Waals surface area contributed by atoms with Crippen LogP contribution in [0.2, 0.25) is 0 Å². The highest BCUT2D eigenvalue weighted by Gasteiger charge is 2.13. The van der Waals surface area contributed by atoms with Gasteiger partial charge in [-0.2, -0.15) is 10.2 Å². The minimum absolute atomic E-state index is 0.222. The smallest absolute Gasteiger partial charge is 0.275 e. The van der Waals surface area contributed by atoms with E-state index in [4.69, 9.17) is 0 Å². The number of hydrogen-bond donors (Lipinski definition) is 2. The van der Waals surface area contributed by atoms with Crippen LogP contribution >= 0.6 is 0 Å². The fraction of sp³-hybridized carbons (Fsp3) is 0.154. The van der Waals surface area contributed by atoms with Gasteiger partial charge in [0.25, 0.3) is 5.56 Å². The van der Waals surface area contributed by atoms with E-state index in [1.54, 1.807) is 0 Å². The maximum atomic E-state index is 11.9. The van der Waals surface area contributed by atoms with Crippen molar-refractivity contribution >= 4 is 10.9 Å². The van der Waals surface area contributed by atoms with E-state index in [-0.39, 0.29) is 5.56 Å². The highest BCUT2D eigenvalue weighted by atomic mass is 16.1. The van der Waals surface area contributed by atoms with E-state index in [0.29, 0.717) is 16.6 Å². The summed E-state index contributed by atoms with van der Waals surface area (Å²) in [6.07, 6.45) is 0. The van der Waals surface area contributed by atoms with Gasteiger partial charge >= 0.3 is 0 Å². The Morgan fingerprint density at radius 3 is 2.44 bits per heavy atom. The second kappa shape index (κ2) is 3.80. The minimum atomic E-state index is -0.222. The Bertz CT molecular complexity index is 768. The summed E-state index contributed by atoms with van der Waals surface area (Å²) in [5.74, 6) is 0. The molecule has 0 aliphatic heterocycles. The molecule has 0 aliphatic rings. The highest BCUT2D eigenvalue weighted by molar-refractivity contribution is 5.92. The molecule has 0 saturated carbocycles. The lowest BCUT2D eigenvalue weighted by Gasteiger charge is -1.98. The number of nitrogens with zero attached hydrogens (tertiary/aromatic N) is 2. The summed E-state index contributed by atoms with van der Waals surface area (Å²) in [5, 5.41) is 14.1. The van der Waals surface area contributed by atoms with Crippen LogP contribution in [0.1, 0.15) is 11.3 Å². The third-order valence-electron chi connectivity index (χ3n) is 3.01. The average Bonchev–Trinajstić information content (AvgIpc) is 2.81. The van der Waals surface area contributed by atoms with Gasteiger partial charge in [0.05, 0.1) is 16.6 Å². The van der Waals surface area contributed by atoms with Crippen molar-refractivity contribution in [1.29, 1.82) is 0 Å². The SMILES string of the molecule is Cc1ccc(-c2n[nH]c3c(C)n[nH]c(=O)c23)cc1. The monoisotopic (exact) mass is 240 g/mol. The van der Waals surface area contributed by atoms with Crippen LogP contribution in [-0.2, 0) is 0 Å². The quantitative estimate of drug-likeness (QED) is 0.682. The Kier molecular flexibility index (Phi) is 2.26. The van der Waals surface area contributed by atoms with Gasteiger partial charge in [-0.3, -0.25) is 9.89 Å². The molecule has 5 nitrogen and oxygen atoms in total. The molecule has 0 unspecified atom stereocenters. The van der Waals surface area contributed by atoms with E-state index in [1.807, 2.05) is 38.1 Å². The van der Waals surface area contributed by atoms with E-state index in [2.05, 4.69) is 20.4 Å². The number of fused-ring (bicyclic) bond motifs is 1. The number of H-pyrrole nitrogens is 2. The summed E-state index contributed by atoms with van der Waals surface area (Å²) in [6.45, 7) is 3.85. The van der Waals surface area contributed by atoms with Crippen molar-refractivity contribution in [3.8, 4) is 11.3 Å². The molecule has 1 aromatic carbocycles. The standard InChI is InChI=1S/C13H12N4O/c1-7-3-5-9(6-4-7)12-10-11(15-16-12)8(2)14-17-13(10)18/h3-6H,1-2H3,(H,15,16)(H,17,18). The minimum Gasteiger partial charge on any atom is -0.275 e. The van der Waals surface area contributed by atoms with Gasteiger partial charge in [-0.25, -0.2) is 5.10 Å². The number of rotatable bonds is 1. The van der Waals surface area contributed by atoms with Gasteiger partial charge in [-0.05, 0) is 13.8 Å². The molecule has 0 radical (unpaired) electrons. The fourth-order valence-corrected chi connectivity index (χ4v) is 1.99. The van der Waals surface area contributed by atoms with E-state index >= 15 is 0 Å². The zero-order chi connectivity index (χ0) is 12.7. The highest BCUT2D eigenvalue weighted by Crippen LogP contribution is 2.24. The van der Waals surface area contributed by atoms with Crippen LogP contribution in [0.5, 0.6) is 0 Å². The van der Waals surface area contributed by atoms with Gasteiger partial charge in [0.2, 0.25) is 0 Å². The first-order valence-electron chi connectivity index (χ1n) is 5.67. The first-order valence-corrected chi connectivity index (χ1v) is 5.67. The summed E-state index contributed by atoms with van der Waals surface area (Å²) in [7, 11) is 0. The van der Waals surface area contributed by atoms with Crippen LogP contribution < -0.4 is 5.56 Å². The Balaban J connectivity index is 2.34. The van der Waals surface area contributed by atoms with Crippen LogP contribution in [0.25, 0.3) is 22.2 Å². The molecule has 0 bridgehead atoms. The molecule has 5 heteroatoms.